The van der Waals surface area contributed by atoms with Crippen molar-refractivity contribution in [1.82, 2.24) is 13.9 Å². The second-order valence-electron chi connectivity index (χ2n) is 5.81. The molecular weight excluding hydrogens is 357 g/mol. The summed E-state index contributed by atoms with van der Waals surface area (Å²) in [4.78, 5) is 2.03. The van der Waals surface area contributed by atoms with Crippen LogP contribution in [-0.2, 0) is 20.0 Å². The number of benzene rings is 1. The van der Waals surface area contributed by atoms with Crippen LogP contribution in [0.1, 0.15) is 5.56 Å². The van der Waals surface area contributed by atoms with Crippen molar-refractivity contribution < 1.29 is 21.2 Å². The van der Waals surface area contributed by atoms with E-state index in [4.69, 9.17) is 0 Å². The van der Waals surface area contributed by atoms with Gasteiger partial charge in [-0.2, -0.15) is 4.31 Å². The van der Waals surface area contributed by atoms with Crippen molar-refractivity contribution in [2.24, 2.45) is 0 Å². The zero-order valence-corrected chi connectivity index (χ0v) is 15.3. The SMILES string of the molecule is Cc1cc(S(=O)(=O)NCCN2CCN(S(C)(=O)=O)CC2)ccc1F. The van der Waals surface area contributed by atoms with Gasteiger partial charge in [0, 0.05) is 39.3 Å². The quantitative estimate of drug-likeness (QED) is 0.751. The van der Waals surface area contributed by atoms with Crippen molar-refractivity contribution in [2.75, 3.05) is 45.5 Å². The molecule has 1 N–H and O–H groups in total. The van der Waals surface area contributed by atoms with Crippen LogP contribution in [0.4, 0.5) is 4.39 Å². The minimum absolute atomic E-state index is 0.0308. The van der Waals surface area contributed by atoms with Crippen molar-refractivity contribution in [3.8, 4) is 0 Å². The van der Waals surface area contributed by atoms with Crippen LogP contribution in [-0.4, -0.2) is 71.6 Å². The maximum absolute atomic E-state index is 13.2. The fraction of sp³-hybridized carbons (Fsp3) is 0.571. The van der Waals surface area contributed by atoms with Gasteiger partial charge in [-0.15, -0.1) is 0 Å². The molecule has 1 aromatic rings. The zero-order chi connectivity index (χ0) is 18.0. The van der Waals surface area contributed by atoms with Gasteiger partial charge in [-0.3, -0.25) is 4.90 Å². The molecule has 0 saturated carbocycles. The summed E-state index contributed by atoms with van der Waals surface area (Å²) in [5, 5.41) is 0. The lowest BCUT2D eigenvalue weighted by atomic mass is 10.2. The fourth-order valence-corrected chi connectivity index (χ4v) is 4.42. The first-order chi connectivity index (χ1) is 11.1. The third kappa shape index (κ3) is 4.96. The summed E-state index contributed by atoms with van der Waals surface area (Å²) in [7, 11) is -6.86. The van der Waals surface area contributed by atoms with Crippen LogP contribution in [0.25, 0.3) is 0 Å². The van der Waals surface area contributed by atoms with Gasteiger partial charge in [-0.25, -0.2) is 25.9 Å². The monoisotopic (exact) mass is 379 g/mol. The standard InChI is InChI=1S/C14H22FN3O4S2/c1-12-11-13(3-4-14(12)15)24(21,22)16-5-6-17-7-9-18(10-8-17)23(2,19)20/h3-4,11,16H,5-10H2,1-2H3. The first-order valence-corrected chi connectivity index (χ1v) is 10.9. The molecule has 0 bridgehead atoms. The second-order valence-corrected chi connectivity index (χ2v) is 9.56. The largest absolute Gasteiger partial charge is 0.299 e. The molecule has 1 saturated heterocycles. The minimum Gasteiger partial charge on any atom is -0.299 e. The van der Waals surface area contributed by atoms with Crippen LogP contribution in [0.3, 0.4) is 0 Å². The van der Waals surface area contributed by atoms with Gasteiger partial charge in [0.1, 0.15) is 5.82 Å². The molecule has 2 rings (SSSR count). The fourth-order valence-electron chi connectivity index (χ4n) is 2.49. The number of hydrogen-bond acceptors (Lipinski definition) is 5. The van der Waals surface area contributed by atoms with Crippen molar-refractivity contribution in [2.45, 2.75) is 11.8 Å². The maximum atomic E-state index is 13.2. The Bertz CT molecular complexity index is 788. The van der Waals surface area contributed by atoms with Crippen molar-refractivity contribution >= 4 is 20.0 Å². The van der Waals surface area contributed by atoms with Gasteiger partial charge >= 0.3 is 0 Å². The van der Waals surface area contributed by atoms with Crippen LogP contribution in [0.5, 0.6) is 0 Å². The third-order valence-corrected chi connectivity index (χ3v) is 6.72. The first kappa shape index (κ1) is 19.3. The Hall–Kier alpha value is -1.07. The van der Waals surface area contributed by atoms with Crippen LogP contribution >= 0.6 is 0 Å². The molecule has 0 unspecified atom stereocenters. The van der Waals surface area contributed by atoms with E-state index in [0.717, 1.165) is 6.07 Å². The summed E-state index contributed by atoms with van der Waals surface area (Å²) in [5.41, 5.74) is 0.273. The molecule has 0 amide bonds. The van der Waals surface area contributed by atoms with E-state index in [0.29, 0.717) is 32.7 Å². The van der Waals surface area contributed by atoms with Crippen molar-refractivity contribution in [1.29, 1.82) is 0 Å². The van der Waals surface area contributed by atoms with Gasteiger partial charge in [0.05, 0.1) is 11.2 Å². The van der Waals surface area contributed by atoms with Gasteiger partial charge in [-0.1, -0.05) is 0 Å². The molecule has 136 valence electrons. The van der Waals surface area contributed by atoms with E-state index in [-0.39, 0.29) is 17.0 Å². The summed E-state index contributed by atoms with van der Waals surface area (Å²) in [6.07, 6.45) is 1.18. The summed E-state index contributed by atoms with van der Waals surface area (Å²) in [6, 6.07) is 3.66. The zero-order valence-electron chi connectivity index (χ0n) is 13.7. The van der Waals surface area contributed by atoms with Crippen LogP contribution in [0.15, 0.2) is 23.1 Å². The van der Waals surface area contributed by atoms with Crippen molar-refractivity contribution in [3.63, 3.8) is 0 Å². The Morgan fingerprint density at radius 2 is 1.75 bits per heavy atom. The molecule has 0 aliphatic carbocycles. The Morgan fingerprint density at radius 3 is 2.29 bits per heavy atom. The predicted molar refractivity (Wildman–Crippen MR) is 89.2 cm³/mol. The minimum atomic E-state index is -3.68. The Kier molecular flexibility index (Phi) is 5.97. The van der Waals surface area contributed by atoms with Gasteiger partial charge in [0.2, 0.25) is 20.0 Å². The lowest BCUT2D eigenvalue weighted by Crippen LogP contribution is -2.49. The molecule has 1 heterocycles. The summed E-state index contributed by atoms with van der Waals surface area (Å²) >= 11 is 0. The smallest absolute Gasteiger partial charge is 0.240 e. The van der Waals surface area contributed by atoms with E-state index in [1.807, 2.05) is 4.90 Å². The van der Waals surface area contributed by atoms with E-state index >= 15 is 0 Å². The van der Waals surface area contributed by atoms with E-state index in [2.05, 4.69) is 4.72 Å². The Morgan fingerprint density at radius 1 is 1.12 bits per heavy atom. The second kappa shape index (κ2) is 7.44. The first-order valence-electron chi connectivity index (χ1n) is 7.53. The molecule has 1 fully saturated rings. The molecule has 10 heteroatoms. The molecule has 1 aliphatic rings. The average molecular weight is 379 g/mol. The summed E-state index contributed by atoms with van der Waals surface area (Å²) in [5.74, 6) is -0.447. The number of nitrogens with zero attached hydrogens (tertiary/aromatic N) is 2. The van der Waals surface area contributed by atoms with Crippen molar-refractivity contribution in [3.05, 3.63) is 29.6 Å². The van der Waals surface area contributed by atoms with Crippen LogP contribution in [0, 0.1) is 12.7 Å². The number of sulfonamides is 2. The number of rotatable bonds is 6. The summed E-state index contributed by atoms with van der Waals surface area (Å²) < 4.78 is 64.4. The van der Waals surface area contributed by atoms with E-state index < -0.39 is 25.9 Å². The molecule has 0 spiro atoms. The van der Waals surface area contributed by atoms with Gasteiger partial charge in [-0.05, 0) is 30.7 Å². The molecule has 24 heavy (non-hydrogen) atoms. The van der Waals surface area contributed by atoms with Crippen LogP contribution in [0.2, 0.25) is 0 Å². The number of aryl methyl sites for hydroxylation is 1. The molecule has 0 atom stereocenters. The highest BCUT2D eigenvalue weighted by molar-refractivity contribution is 7.89. The molecule has 1 aliphatic heterocycles. The Balaban J connectivity index is 1.85. The topological polar surface area (TPSA) is 86.8 Å². The molecule has 1 aromatic carbocycles. The highest BCUT2D eigenvalue weighted by Crippen LogP contribution is 2.14. The lowest BCUT2D eigenvalue weighted by Gasteiger charge is -2.33. The number of nitrogens with one attached hydrogen (secondary N) is 1. The van der Waals surface area contributed by atoms with E-state index in [1.165, 1.54) is 29.6 Å². The maximum Gasteiger partial charge on any atom is 0.240 e. The Labute approximate surface area is 142 Å². The molecule has 0 radical (unpaired) electrons. The number of halogens is 1. The molecular formula is C14H22FN3O4S2. The van der Waals surface area contributed by atoms with E-state index in [1.54, 1.807) is 0 Å². The van der Waals surface area contributed by atoms with Gasteiger partial charge < -0.3 is 0 Å². The lowest BCUT2D eigenvalue weighted by molar-refractivity contribution is 0.192. The van der Waals surface area contributed by atoms with Gasteiger partial charge in [0.15, 0.2) is 0 Å². The third-order valence-electron chi connectivity index (χ3n) is 3.96. The molecule has 7 nitrogen and oxygen atoms in total. The highest BCUT2D eigenvalue weighted by atomic mass is 32.2. The average Bonchev–Trinajstić information content (AvgIpc) is 2.49. The molecule has 0 aromatic heterocycles. The van der Waals surface area contributed by atoms with Crippen LogP contribution < -0.4 is 4.72 Å². The highest BCUT2D eigenvalue weighted by Gasteiger charge is 2.23. The predicted octanol–water partition coefficient (Wildman–Crippen LogP) is -0.0104. The number of hydrogen-bond donors (Lipinski definition) is 1. The number of piperazine rings is 1. The summed E-state index contributed by atoms with van der Waals surface area (Å²) in [6.45, 7) is 4.13. The normalized spacial score (nSPS) is 18.0. The van der Waals surface area contributed by atoms with Gasteiger partial charge in [0.25, 0.3) is 0 Å². The van der Waals surface area contributed by atoms with E-state index in [9.17, 15) is 21.2 Å².